The van der Waals surface area contributed by atoms with Gasteiger partial charge in [0.2, 0.25) is 5.88 Å². The normalized spacial score (nSPS) is 18.7. The Kier molecular flexibility index (Phi) is 8.18. The van der Waals surface area contributed by atoms with Crippen molar-refractivity contribution in [2.45, 2.75) is 51.4 Å². The van der Waals surface area contributed by atoms with E-state index < -0.39 is 5.97 Å². The molecule has 4 heterocycles. The fraction of sp³-hybridized carbons (Fsp3) is 0.371. The molecule has 3 aromatic heterocycles. The zero-order valence-electron chi connectivity index (χ0n) is 27.1. The number of carbonyl (C=O) groups is 1. The van der Waals surface area contributed by atoms with E-state index in [1.165, 1.54) is 13.2 Å². The van der Waals surface area contributed by atoms with Crippen molar-refractivity contribution in [3.8, 4) is 17.4 Å². The lowest BCUT2D eigenvalue weighted by Crippen LogP contribution is -2.37. The van der Waals surface area contributed by atoms with E-state index >= 15 is 0 Å². The minimum Gasteiger partial charge on any atom is -0.498 e. The molecule has 1 saturated carbocycles. The van der Waals surface area contributed by atoms with Gasteiger partial charge in [0.1, 0.15) is 35.3 Å². The van der Waals surface area contributed by atoms with Crippen molar-refractivity contribution in [1.82, 2.24) is 34.0 Å². The molecule has 5 aromatic rings. The number of fused-ring (bicyclic) bond motifs is 2. The van der Waals surface area contributed by atoms with Gasteiger partial charge in [-0.25, -0.2) is 24.6 Å². The van der Waals surface area contributed by atoms with Crippen LogP contribution < -0.4 is 14.2 Å². The number of hydrogen-bond acceptors (Lipinski definition) is 9. The number of carboxylic acids is 1. The fourth-order valence-electron chi connectivity index (χ4n) is 6.89. The molecule has 7 rings (SSSR count). The molecular formula is C35H36N8O5. The molecule has 2 aromatic carbocycles. The lowest BCUT2D eigenvalue weighted by Gasteiger charge is -2.30. The summed E-state index contributed by atoms with van der Waals surface area (Å²) in [5.74, 6) is 2.59. The Balaban J connectivity index is 1.09. The maximum atomic E-state index is 12.0. The summed E-state index contributed by atoms with van der Waals surface area (Å²) in [5, 5.41) is 9.81. The lowest BCUT2D eigenvalue weighted by atomic mass is 9.94. The SMILES string of the molecule is [C-]#[N+]c1ccc(COc2ccnc(C34CCN(Cc5nc6c(OC)cc(C(=O)O)cc6n5Cc5cncn5CC)CC3C4)n2)c(OC)c1. The number of carboxylic acid groups (broad SMARTS) is 1. The number of likely N-dealkylation sites (tertiary alicyclic amines) is 1. The van der Waals surface area contributed by atoms with Crippen molar-refractivity contribution < 1.29 is 24.1 Å². The number of aromatic nitrogens is 6. The van der Waals surface area contributed by atoms with E-state index in [0.29, 0.717) is 53.1 Å². The maximum absolute atomic E-state index is 12.0. The zero-order valence-corrected chi connectivity index (χ0v) is 27.1. The molecule has 1 aliphatic heterocycles. The number of methoxy groups -OCH3 is 2. The maximum Gasteiger partial charge on any atom is 0.335 e. The molecule has 1 aliphatic carbocycles. The molecule has 0 amide bonds. The third-order valence-electron chi connectivity index (χ3n) is 9.62. The molecule has 13 heteroatoms. The molecule has 1 N–H and O–H groups in total. The highest BCUT2D eigenvalue weighted by Crippen LogP contribution is 2.58. The topological polar surface area (TPSA) is 134 Å². The number of hydrogen-bond donors (Lipinski definition) is 1. The van der Waals surface area contributed by atoms with Gasteiger partial charge < -0.3 is 28.5 Å². The number of imidazole rings is 2. The molecule has 2 unspecified atom stereocenters. The molecule has 2 aliphatic rings. The van der Waals surface area contributed by atoms with Crippen LogP contribution in [0.4, 0.5) is 5.69 Å². The summed E-state index contributed by atoms with van der Waals surface area (Å²) < 4.78 is 21.3. The number of aryl methyl sites for hydroxylation is 1. The number of piperidine rings is 1. The van der Waals surface area contributed by atoms with Crippen LogP contribution in [0.3, 0.4) is 0 Å². The van der Waals surface area contributed by atoms with E-state index in [2.05, 4.69) is 35.8 Å². The van der Waals surface area contributed by atoms with Gasteiger partial charge in [-0.3, -0.25) is 4.90 Å². The van der Waals surface area contributed by atoms with Gasteiger partial charge in [0.05, 0.1) is 57.0 Å². The molecule has 1 saturated heterocycles. The quantitative estimate of drug-likeness (QED) is 0.182. The van der Waals surface area contributed by atoms with E-state index in [1.807, 2.05) is 18.6 Å². The van der Waals surface area contributed by atoms with E-state index in [9.17, 15) is 9.90 Å². The standard InChI is InChI=1S/C35H36N8O5/c1-5-42-21-37-16-26(42)18-43-27-12-23(33(44)45)13-29(47-4)32(27)39-30(43)19-41-11-9-35(15-24(35)17-41)34-38-10-8-31(40-34)48-20-22-6-7-25(36-2)14-28(22)46-3/h6-8,10,12-14,16,21,24H,5,9,11,15,17-20H2,1,3-4H3,(H,44,45). The van der Waals surface area contributed by atoms with Gasteiger partial charge in [0.25, 0.3) is 0 Å². The summed E-state index contributed by atoms with van der Waals surface area (Å²) in [5.41, 5.74) is 3.78. The van der Waals surface area contributed by atoms with Gasteiger partial charge in [0.15, 0.2) is 5.69 Å². The van der Waals surface area contributed by atoms with Gasteiger partial charge in [-0.2, -0.15) is 4.98 Å². The lowest BCUT2D eigenvalue weighted by molar-refractivity contribution is 0.0696. The summed E-state index contributed by atoms with van der Waals surface area (Å²) in [6.07, 6.45) is 7.32. The highest BCUT2D eigenvalue weighted by molar-refractivity contribution is 5.95. The third-order valence-corrected chi connectivity index (χ3v) is 9.62. The van der Waals surface area contributed by atoms with E-state index in [-0.39, 0.29) is 17.6 Å². The Morgan fingerprint density at radius 3 is 2.73 bits per heavy atom. The van der Waals surface area contributed by atoms with Crippen molar-refractivity contribution in [3.63, 3.8) is 0 Å². The smallest absolute Gasteiger partial charge is 0.335 e. The van der Waals surface area contributed by atoms with E-state index in [0.717, 1.165) is 55.4 Å². The van der Waals surface area contributed by atoms with Crippen LogP contribution in [-0.4, -0.2) is 72.4 Å². The van der Waals surface area contributed by atoms with Crippen LogP contribution in [0.2, 0.25) is 0 Å². The Morgan fingerprint density at radius 2 is 1.98 bits per heavy atom. The van der Waals surface area contributed by atoms with Crippen molar-refractivity contribution in [2.75, 3.05) is 27.3 Å². The molecular weight excluding hydrogens is 612 g/mol. The minimum atomic E-state index is -1.02. The monoisotopic (exact) mass is 648 g/mol. The molecule has 2 atom stereocenters. The van der Waals surface area contributed by atoms with Crippen molar-refractivity contribution >= 4 is 22.7 Å². The van der Waals surface area contributed by atoms with Gasteiger partial charge in [-0.15, -0.1) is 0 Å². The van der Waals surface area contributed by atoms with Gasteiger partial charge in [-0.1, -0.05) is 12.1 Å². The number of nitrogens with zero attached hydrogens (tertiary/aromatic N) is 8. The minimum absolute atomic E-state index is 0.0851. The van der Waals surface area contributed by atoms with E-state index in [1.54, 1.807) is 37.6 Å². The predicted octanol–water partition coefficient (Wildman–Crippen LogP) is 5.10. The van der Waals surface area contributed by atoms with Crippen molar-refractivity contribution in [3.05, 3.63) is 95.0 Å². The highest BCUT2D eigenvalue weighted by atomic mass is 16.5. The molecule has 2 fully saturated rings. The number of aromatic carboxylic acids is 1. The van der Waals surface area contributed by atoms with Crippen LogP contribution in [0, 0.1) is 12.5 Å². The zero-order chi connectivity index (χ0) is 33.4. The van der Waals surface area contributed by atoms with Crippen molar-refractivity contribution in [2.24, 2.45) is 5.92 Å². The average molecular weight is 649 g/mol. The van der Waals surface area contributed by atoms with Crippen LogP contribution in [0.25, 0.3) is 15.9 Å². The molecule has 0 radical (unpaired) electrons. The molecule has 0 spiro atoms. The third kappa shape index (κ3) is 5.68. The second-order valence-electron chi connectivity index (χ2n) is 12.3. The molecule has 0 bridgehead atoms. The summed E-state index contributed by atoms with van der Waals surface area (Å²) in [6, 6.07) is 10.3. The first kappa shape index (κ1) is 31.1. The second-order valence-corrected chi connectivity index (χ2v) is 12.3. The summed E-state index contributed by atoms with van der Waals surface area (Å²) in [7, 11) is 3.12. The van der Waals surface area contributed by atoms with E-state index in [4.69, 9.17) is 30.8 Å². The molecule has 246 valence electrons. The summed E-state index contributed by atoms with van der Waals surface area (Å²) >= 11 is 0. The Bertz CT molecular complexity index is 2050. The number of ether oxygens (including phenoxy) is 3. The van der Waals surface area contributed by atoms with Gasteiger partial charge in [-0.05, 0) is 50.4 Å². The first-order valence-corrected chi connectivity index (χ1v) is 15.9. The van der Waals surface area contributed by atoms with Crippen LogP contribution in [-0.2, 0) is 31.7 Å². The second kappa shape index (κ2) is 12.6. The van der Waals surface area contributed by atoms with Crippen molar-refractivity contribution in [1.29, 1.82) is 0 Å². The first-order valence-electron chi connectivity index (χ1n) is 15.9. The van der Waals surface area contributed by atoms with Crippen LogP contribution in [0.1, 0.15) is 53.0 Å². The van der Waals surface area contributed by atoms with Crippen LogP contribution in [0.15, 0.2) is 55.1 Å². The molecule has 48 heavy (non-hydrogen) atoms. The Labute approximate surface area is 277 Å². The Morgan fingerprint density at radius 1 is 1.12 bits per heavy atom. The Hall–Kier alpha value is -5.48. The van der Waals surface area contributed by atoms with Gasteiger partial charge in [0, 0.05) is 42.5 Å². The predicted molar refractivity (Wildman–Crippen MR) is 176 cm³/mol. The van der Waals surface area contributed by atoms with Crippen LogP contribution in [0.5, 0.6) is 17.4 Å². The van der Waals surface area contributed by atoms with Crippen LogP contribution >= 0.6 is 0 Å². The molecule has 13 nitrogen and oxygen atoms in total. The highest BCUT2D eigenvalue weighted by Gasteiger charge is 2.59. The number of benzene rings is 2. The fourth-order valence-corrected chi connectivity index (χ4v) is 6.89. The first-order chi connectivity index (χ1) is 23.3. The number of rotatable bonds is 12. The summed E-state index contributed by atoms with van der Waals surface area (Å²) in [4.78, 5) is 36.7. The largest absolute Gasteiger partial charge is 0.498 e. The van der Waals surface area contributed by atoms with Gasteiger partial charge >= 0.3 is 5.97 Å². The average Bonchev–Trinajstić information content (AvgIpc) is 3.51. The summed E-state index contributed by atoms with van der Waals surface area (Å²) in [6.45, 7) is 13.2.